The van der Waals surface area contributed by atoms with Gasteiger partial charge in [-0.2, -0.15) is 0 Å². The minimum Gasteiger partial charge on any atom is -0.389 e. The molecule has 1 heterocycles. The molecule has 13 heavy (non-hydrogen) atoms. The van der Waals surface area contributed by atoms with Gasteiger partial charge in [-0.15, -0.1) is 0 Å². The van der Waals surface area contributed by atoms with Crippen LogP contribution in [0.15, 0.2) is 0 Å². The van der Waals surface area contributed by atoms with E-state index in [9.17, 15) is 5.11 Å². The molecule has 1 saturated heterocycles. The summed E-state index contributed by atoms with van der Waals surface area (Å²) in [5.41, 5.74) is -0.494. The highest BCUT2D eigenvalue weighted by Gasteiger charge is 2.40. The molecule has 1 rings (SSSR count). The molecule has 0 spiro atoms. The molecular weight excluding hydrogens is 164 g/mol. The largest absolute Gasteiger partial charge is 0.389 e. The molecule has 1 aliphatic rings. The lowest BCUT2D eigenvalue weighted by Gasteiger charge is -2.42. The maximum atomic E-state index is 10.4. The Bertz CT molecular complexity index is 157. The van der Waals surface area contributed by atoms with E-state index in [4.69, 9.17) is 4.74 Å². The average Bonchev–Trinajstić information content (AvgIpc) is 2.00. The quantitative estimate of drug-likeness (QED) is 0.717. The molecule has 0 bridgehead atoms. The van der Waals surface area contributed by atoms with Gasteiger partial charge in [-0.05, 0) is 19.8 Å². The second-order valence-corrected chi connectivity index (χ2v) is 4.58. The van der Waals surface area contributed by atoms with Crippen molar-refractivity contribution in [3.8, 4) is 0 Å². The molecule has 0 amide bonds. The Morgan fingerprint density at radius 2 is 1.85 bits per heavy atom. The maximum absolute atomic E-state index is 10.4. The second kappa shape index (κ2) is 3.97. The van der Waals surface area contributed by atoms with Crippen LogP contribution in [0.25, 0.3) is 0 Å². The van der Waals surface area contributed by atoms with Crippen molar-refractivity contribution >= 4 is 0 Å². The van der Waals surface area contributed by atoms with Gasteiger partial charge in [0.1, 0.15) is 0 Å². The predicted octanol–water partition coefficient (Wildman–Crippen LogP) is 2.35. The maximum Gasteiger partial charge on any atom is 0.0722 e. The van der Waals surface area contributed by atoms with Gasteiger partial charge < -0.3 is 9.84 Å². The third-order valence-corrected chi connectivity index (χ3v) is 3.28. The fourth-order valence-electron chi connectivity index (χ4n) is 2.35. The summed E-state index contributed by atoms with van der Waals surface area (Å²) in [4.78, 5) is 0. The molecule has 1 N–H and O–H groups in total. The van der Waals surface area contributed by atoms with E-state index in [0.29, 0.717) is 5.92 Å². The van der Waals surface area contributed by atoms with Gasteiger partial charge in [0.05, 0.1) is 17.8 Å². The molecule has 1 fully saturated rings. The molecule has 78 valence electrons. The Morgan fingerprint density at radius 3 is 2.23 bits per heavy atom. The Balaban J connectivity index is 2.66. The number of ether oxygens (including phenoxy) is 1. The zero-order valence-electron chi connectivity index (χ0n) is 9.21. The van der Waals surface area contributed by atoms with Gasteiger partial charge in [-0.1, -0.05) is 20.3 Å². The van der Waals surface area contributed by atoms with E-state index in [2.05, 4.69) is 13.8 Å². The summed E-state index contributed by atoms with van der Waals surface area (Å²) in [5.74, 6) is 0.376. The van der Waals surface area contributed by atoms with Crippen molar-refractivity contribution in [3.63, 3.8) is 0 Å². The van der Waals surface area contributed by atoms with Crippen molar-refractivity contribution < 1.29 is 9.84 Å². The topological polar surface area (TPSA) is 29.5 Å². The molecular formula is C11H22O2. The molecule has 2 nitrogen and oxygen atoms in total. The third kappa shape index (κ3) is 2.44. The molecule has 3 unspecified atom stereocenters. The number of hydrogen-bond donors (Lipinski definition) is 1. The van der Waals surface area contributed by atoms with Crippen molar-refractivity contribution in [2.24, 2.45) is 5.92 Å². The second-order valence-electron chi connectivity index (χ2n) is 4.58. The zero-order chi connectivity index (χ0) is 10.1. The molecule has 0 aromatic rings. The predicted molar refractivity (Wildman–Crippen MR) is 53.6 cm³/mol. The summed E-state index contributed by atoms with van der Waals surface area (Å²) in [6.07, 6.45) is 3.00. The van der Waals surface area contributed by atoms with Crippen molar-refractivity contribution in [2.45, 2.75) is 64.8 Å². The van der Waals surface area contributed by atoms with Crippen LogP contribution in [0.2, 0.25) is 0 Å². The average molecular weight is 186 g/mol. The Hall–Kier alpha value is -0.0800. The van der Waals surface area contributed by atoms with Crippen LogP contribution in [0, 0.1) is 5.92 Å². The first kappa shape index (κ1) is 11.0. The normalized spacial score (nSPS) is 43.2. The van der Waals surface area contributed by atoms with Crippen LogP contribution in [-0.4, -0.2) is 22.9 Å². The van der Waals surface area contributed by atoms with Gasteiger partial charge in [-0.25, -0.2) is 0 Å². The van der Waals surface area contributed by atoms with Crippen LogP contribution >= 0.6 is 0 Å². The summed E-state index contributed by atoms with van der Waals surface area (Å²) in [6, 6.07) is 0. The van der Waals surface area contributed by atoms with Crippen molar-refractivity contribution in [2.75, 3.05) is 0 Å². The summed E-state index contributed by atoms with van der Waals surface area (Å²) >= 11 is 0. The Kier molecular flexibility index (Phi) is 3.36. The first-order valence-electron chi connectivity index (χ1n) is 5.35. The lowest BCUT2D eigenvalue weighted by molar-refractivity contribution is -0.153. The number of rotatable bonds is 2. The molecule has 0 aromatic carbocycles. The van der Waals surface area contributed by atoms with Gasteiger partial charge in [0, 0.05) is 12.8 Å². The van der Waals surface area contributed by atoms with E-state index in [1.165, 1.54) is 0 Å². The fourth-order valence-corrected chi connectivity index (χ4v) is 2.35. The van der Waals surface area contributed by atoms with Crippen LogP contribution in [0.4, 0.5) is 0 Å². The van der Waals surface area contributed by atoms with Gasteiger partial charge in [0.2, 0.25) is 0 Å². The SMILES string of the molecule is CCC(C)C1(O)CC(C)OC(C)C1. The summed E-state index contributed by atoms with van der Waals surface area (Å²) in [5, 5.41) is 10.4. The highest BCUT2D eigenvalue weighted by molar-refractivity contribution is 4.90. The van der Waals surface area contributed by atoms with Crippen LogP contribution in [0.3, 0.4) is 0 Å². The van der Waals surface area contributed by atoms with Crippen LogP contribution in [-0.2, 0) is 4.74 Å². The fraction of sp³-hybridized carbons (Fsp3) is 1.00. The van der Waals surface area contributed by atoms with Crippen LogP contribution in [0.1, 0.15) is 47.0 Å². The first-order chi connectivity index (χ1) is 5.98. The lowest BCUT2D eigenvalue weighted by atomic mass is 9.77. The van der Waals surface area contributed by atoms with Crippen LogP contribution in [0.5, 0.6) is 0 Å². The first-order valence-corrected chi connectivity index (χ1v) is 5.35. The van der Waals surface area contributed by atoms with Gasteiger partial charge in [0.25, 0.3) is 0 Å². The van der Waals surface area contributed by atoms with Gasteiger partial charge >= 0.3 is 0 Å². The lowest BCUT2D eigenvalue weighted by Crippen LogP contribution is -2.47. The smallest absolute Gasteiger partial charge is 0.0722 e. The van der Waals surface area contributed by atoms with E-state index in [-0.39, 0.29) is 12.2 Å². The monoisotopic (exact) mass is 186 g/mol. The highest BCUT2D eigenvalue weighted by Crippen LogP contribution is 2.35. The van der Waals surface area contributed by atoms with Crippen molar-refractivity contribution in [3.05, 3.63) is 0 Å². The third-order valence-electron chi connectivity index (χ3n) is 3.28. The van der Waals surface area contributed by atoms with Crippen LogP contribution < -0.4 is 0 Å². The Labute approximate surface area is 81.3 Å². The van der Waals surface area contributed by atoms with Crippen molar-refractivity contribution in [1.82, 2.24) is 0 Å². The summed E-state index contributed by atoms with van der Waals surface area (Å²) < 4.78 is 5.62. The van der Waals surface area contributed by atoms with E-state index >= 15 is 0 Å². The molecule has 3 atom stereocenters. The summed E-state index contributed by atoms with van der Waals surface area (Å²) in [6.45, 7) is 8.35. The van der Waals surface area contributed by atoms with E-state index < -0.39 is 5.60 Å². The molecule has 0 radical (unpaired) electrons. The van der Waals surface area contributed by atoms with Gasteiger partial charge in [-0.3, -0.25) is 0 Å². The number of hydrogen-bond acceptors (Lipinski definition) is 2. The minimum absolute atomic E-state index is 0.197. The zero-order valence-corrected chi connectivity index (χ0v) is 9.21. The molecule has 1 aliphatic heterocycles. The van der Waals surface area contributed by atoms with Crippen molar-refractivity contribution in [1.29, 1.82) is 0 Å². The molecule has 0 aromatic heterocycles. The molecule has 0 saturated carbocycles. The Morgan fingerprint density at radius 1 is 1.38 bits per heavy atom. The number of aliphatic hydroxyl groups is 1. The van der Waals surface area contributed by atoms with E-state index in [0.717, 1.165) is 19.3 Å². The van der Waals surface area contributed by atoms with Gasteiger partial charge in [0.15, 0.2) is 0 Å². The van der Waals surface area contributed by atoms with E-state index in [1.807, 2.05) is 13.8 Å². The van der Waals surface area contributed by atoms with E-state index in [1.54, 1.807) is 0 Å². The standard InChI is InChI=1S/C11H22O2/c1-5-8(2)11(12)6-9(3)13-10(4)7-11/h8-10,12H,5-7H2,1-4H3. The molecule has 2 heteroatoms. The minimum atomic E-state index is -0.494. The highest BCUT2D eigenvalue weighted by atomic mass is 16.5. The summed E-state index contributed by atoms with van der Waals surface area (Å²) in [7, 11) is 0. The molecule has 0 aliphatic carbocycles.